The average Bonchev–Trinajstić information content (AvgIpc) is 2.67. The molecule has 0 bridgehead atoms. The summed E-state index contributed by atoms with van der Waals surface area (Å²) in [6.07, 6.45) is 2.78. The Bertz CT molecular complexity index is 901. The summed E-state index contributed by atoms with van der Waals surface area (Å²) in [6.45, 7) is 4.03. The van der Waals surface area contributed by atoms with Crippen molar-refractivity contribution < 1.29 is 9.59 Å². The van der Waals surface area contributed by atoms with Crippen LogP contribution >= 0.6 is 0 Å². The minimum atomic E-state index is -0.101. The molecule has 1 aliphatic carbocycles. The second kappa shape index (κ2) is 8.71. The molecule has 0 spiro atoms. The number of carbonyl (C=O) groups excluding carboxylic acids is 2. The number of carbonyl (C=O) groups is 2. The molecule has 0 atom stereocenters. The fraction of sp³-hybridized carbons (Fsp3) is 0.348. The van der Waals surface area contributed by atoms with Gasteiger partial charge in [-0.1, -0.05) is 12.1 Å². The lowest BCUT2D eigenvalue weighted by Gasteiger charge is -2.27. The predicted molar refractivity (Wildman–Crippen MR) is 110 cm³/mol. The molecule has 2 aromatic carbocycles. The van der Waals surface area contributed by atoms with Gasteiger partial charge in [0.1, 0.15) is 0 Å². The molecule has 3 rings (SSSR count). The predicted octanol–water partition coefficient (Wildman–Crippen LogP) is 4.56. The van der Waals surface area contributed by atoms with Gasteiger partial charge in [0.05, 0.1) is 11.6 Å². The standard InChI is InChI=1S/C23H25N3O2/c1-15-10-16(2)12-21(11-15)26-23(28)19-8-6-18(7-9-19)22(27)25-20-5-3-4-17(13-20)14-24/h3-5,10-13,18-19H,6-9H2,1-2H3,(H,25,27)(H,26,28). The topological polar surface area (TPSA) is 82.0 Å². The normalized spacial score (nSPS) is 18.8. The van der Waals surface area contributed by atoms with E-state index in [9.17, 15) is 9.59 Å². The smallest absolute Gasteiger partial charge is 0.227 e. The van der Waals surface area contributed by atoms with Crippen molar-refractivity contribution in [3.8, 4) is 6.07 Å². The molecule has 0 aromatic heterocycles. The van der Waals surface area contributed by atoms with Gasteiger partial charge in [0, 0.05) is 23.2 Å². The van der Waals surface area contributed by atoms with Crippen LogP contribution < -0.4 is 10.6 Å². The molecule has 1 saturated carbocycles. The molecule has 5 nitrogen and oxygen atoms in total. The Labute approximate surface area is 165 Å². The fourth-order valence-electron chi connectivity index (χ4n) is 3.82. The van der Waals surface area contributed by atoms with Crippen LogP contribution in [0.2, 0.25) is 0 Å². The zero-order valence-corrected chi connectivity index (χ0v) is 16.3. The van der Waals surface area contributed by atoms with Gasteiger partial charge in [-0.2, -0.15) is 5.26 Å². The van der Waals surface area contributed by atoms with E-state index in [0.717, 1.165) is 16.8 Å². The van der Waals surface area contributed by atoms with Crippen molar-refractivity contribution in [3.63, 3.8) is 0 Å². The zero-order chi connectivity index (χ0) is 20.1. The van der Waals surface area contributed by atoms with Crippen LogP contribution in [0.1, 0.15) is 42.4 Å². The quantitative estimate of drug-likeness (QED) is 0.822. The number of hydrogen-bond donors (Lipinski definition) is 2. The molecular formula is C23H25N3O2. The van der Waals surface area contributed by atoms with E-state index in [1.54, 1.807) is 24.3 Å². The van der Waals surface area contributed by atoms with E-state index in [0.29, 0.717) is 36.9 Å². The number of nitriles is 1. The Balaban J connectivity index is 1.52. The molecule has 0 saturated heterocycles. The van der Waals surface area contributed by atoms with Crippen LogP contribution in [0.5, 0.6) is 0 Å². The first-order valence-electron chi connectivity index (χ1n) is 9.65. The third-order valence-corrected chi connectivity index (χ3v) is 5.22. The molecule has 5 heteroatoms. The van der Waals surface area contributed by atoms with Gasteiger partial charge >= 0.3 is 0 Å². The second-order valence-electron chi connectivity index (χ2n) is 7.60. The summed E-state index contributed by atoms with van der Waals surface area (Å²) in [5, 5.41) is 14.9. The maximum atomic E-state index is 12.6. The molecule has 2 N–H and O–H groups in total. The van der Waals surface area contributed by atoms with Crippen LogP contribution in [0.4, 0.5) is 11.4 Å². The number of nitrogens with zero attached hydrogens (tertiary/aromatic N) is 1. The largest absolute Gasteiger partial charge is 0.326 e. The van der Waals surface area contributed by atoms with Crippen LogP contribution in [0.25, 0.3) is 0 Å². The Kier molecular flexibility index (Phi) is 6.10. The van der Waals surface area contributed by atoms with E-state index in [2.05, 4.69) is 22.8 Å². The molecule has 28 heavy (non-hydrogen) atoms. The molecule has 0 heterocycles. The minimum absolute atomic E-state index is 0.0329. The molecule has 0 unspecified atom stereocenters. The van der Waals surface area contributed by atoms with E-state index in [-0.39, 0.29) is 23.7 Å². The third-order valence-electron chi connectivity index (χ3n) is 5.22. The van der Waals surface area contributed by atoms with Crippen LogP contribution in [0.3, 0.4) is 0 Å². The van der Waals surface area contributed by atoms with Gasteiger partial charge in [0.25, 0.3) is 0 Å². The Morgan fingerprint density at radius 1 is 0.857 bits per heavy atom. The summed E-state index contributed by atoms with van der Waals surface area (Å²) in [5.41, 5.74) is 4.23. The molecule has 1 fully saturated rings. The second-order valence-corrected chi connectivity index (χ2v) is 7.60. The van der Waals surface area contributed by atoms with E-state index < -0.39 is 0 Å². The first-order chi connectivity index (χ1) is 13.4. The first-order valence-corrected chi connectivity index (χ1v) is 9.65. The number of benzene rings is 2. The highest BCUT2D eigenvalue weighted by molar-refractivity contribution is 5.94. The van der Waals surface area contributed by atoms with Crippen LogP contribution in [-0.4, -0.2) is 11.8 Å². The molecule has 0 aliphatic heterocycles. The van der Waals surface area contributed by atoms with Crippen molar-refractivity contribution in [3.05, 3.63) is 59.2 Å². The Morgan fingerprint density at radius 3 is 1.93 bits per heavy atom. The van der Waals surface area contributed by atoms with E-state index in [1.807, 2.05) is 26.0 Å². The number of nitrogens with one attached hydrogen (secondary N) is 2. The van der Waals surface area contributed by atoms with Crippen molar-refractivity contribution in [2.75, 3.05) is 10.6 Å². The zero-order valence-electron chi connectivity index (χ0n) is 16.3. The van der Waals surface area contributed by atoms with Crippen LogP contribution in [0.15, 0.2) is 42.5 Å². The Hall–Kier alpha value is -3.13. The van der Waals surface area contributed by atoms with E-state index in [4.69, 9.17) is 5.26 Å². The lowest BCUT2D eigenvalue weighted by Crippen LogP contribution is -2.32. The SMILES string of the molecule is Cc1cc(C)cc(NC(=O)C2CCC(C(=O)Nc3cccc(C#N)c3)CC2)c1. The highest BCUT2D eigenvalue weighted by Gasteiger charge is 2.30. The molecule has 0 radical (unpaired) electrons. The lowest BCUT2D eigenvalue weighted by atomic mass is 9.81. The van der Waals surface area contributed by atoms with Gasteiger partial charge in [-0.3, -0.25) is 9.59 Å². The number of hydrogen-bond acceptors (Lipinski definition) is 3. The number of rotatable bonds is 4. The fourth-order valence-corrected chi connectivity index (χ4v) is 3.82. The van der Waals surface area contributed by atoms with Gasteiger partial charge in [0.2, 0.25) is 11.8 Å². The summed E-state index contributed by atoms with van der Waals surface area (Å²) in [5.74, 6) is -0.170. The summed E-state index contributed by atoms with van der Waals surface area (Å²) in [4.78, 5) is 25.1. The van der Waals surface area contributed by atoms with E-state index in [1.165, 1.54) is 0 Å². The first kappa shape index (κ1) is 19.6. The van der Waals surface area contributed by atoms with Crippen molar-refractivity contribution in [2.24, 2.45) is 11.8 Å². The lowest BCUT2D eigenvalue weighted by molar-refractivity contribution is -0.125. The van der Waals surface area contributed by atoms with Crippen molar-refractivity contribution in [2.45, 2.75) is 39.5 Å². The maximum absolute atomic E-state index is 12.6. The maximum Gasteiger partial charge on any atom is 0.227 e. The molecule has 2 aromatic rings. The van der Waals surface area contributed by atoms with Gasteiger partial charge < -0.3 is 10.6 Å². The number of aryl methyl sites for hydroxylation is 2. The molecule has 1 aliphatic rings. The number of amides is 2. The molecular weight excluding hydrogens is 350 g/mol. The summed E-state index contributed by atoms with van der Waals surface area (Å²) in [7, 11) is 0. The summed E-state index contributed by atoms with van der Waals surface area (Å²) in [6, 6.07) is 15.0. The van der Waals surface area contributed by atoms with Crippen molar-refractivity contribution in [1.29, 1.82) is 5.26 Å². The van der Waals surface area contributed by atoms with Crippen molar-refractivity contribution in [1.82, 2.24) is 0 Å². The molecule has 144 valence electrons. The minimum Gasteiger partial charge on any atom is -0.326 e. The summed E-state index contributed by atoms with van der Waals surface area (Å²) >= 11 is 0. The highest BCUT2D eigenvalue weighted by Crippen LogP contribution is 2.31. The van der Waals surface area contributed by atoms with E-state index >= 15 is 0 Å². The summed E-state index contributed by atoms with van der Waals surface area (Å²) < 4.78 is 0. The average molecular weight is 375 g/mol. The van der Waals surface area contributed by atoms with Gasteiger partial charge in [-0.05, 0) is 81.0 Å². The Morgan fingerprint density at radius 2 is 1.39 bits per heavy atom. The number of anilines is 2. The van der Waals surface area contributed by atoms with Gasteiger partial charge in [0.15, 0.2) is 0 Å². The van der Waals surface area contributed by atoms with Gasteiger partial charge in [-0.15, -0.1) is 0 Å². The third kappa shape index (κ3) is 4.98. The van der Waals surface area contributed by atoms with Gasteiger partial charge in [-0.25, -0.2) is 0 Å². The highest BCUT2D eigenvalue weighted by atomic mass is 16.2. The monoisotopic (exact) mass is 375 g/mol. The van der Waals surface area contributed by atoms with Crippen LogP contribution in [0, 0.1) is 37.0 Å². The molecule has 2 amide bonds. The van der Waals surface area contributed by atoms with Crippen LogP contribution in [-0.2, 0) is 9.59 Å². The van der Waals surface area contributed by atoms with Crippen molar-refractivity contribution >= 4 is 23.2 Å².